The quantitative estimate of drug-likeness (QED) is 0.626. The number of aliphatic imine (C=N–C) groups is 1. The molecule has 1 saturated heterocycles. The average Bonchev–Trinajstić information content (AvgIpc) is 2.98. The predicted octanol–water partition coefficient (Wildman–Crippen LogP) is 3.62. The van der Waals surface area contributed by atoms with Gasteiger partial charge in [-0.2, -0.15) is 0 Å². The Hall–Kier alpha value is -2.11. The summed E-state index contributed by atoms with van der Waals surface area (Å²) in [7, 11) is -3.80. The monoisotopic (exact) mass is 500 g/mol. The van der Waals surface area contributed by atoms with Crippen molar-refractivity contribution in [1.29, 1.82) is 0 Å². The van der Waals surface area contributed by atoms with Gasteiger partial charge >= 0.3 is 0 Å². The summed E-state index contributed by atoms with van der Waals surface area (Å²) in [4.78, 5) is 31.0. The van der Waals surface area contributed by atoms with Crippen molar-refractivity contribution in [3.63, 3.8) is 0 Å². The minimum atomic E-state index is -3.80. The summed E-state index contributed by atoms with van der Waals surface area (Å²) in [5.41, 5.74) is 0.938. The molecule has 1 unspecified atom stereocenters. The van der Waals surface area contributed by atoms with Gasteiger partial charge in [0.2, 0.25) is 21.8 Å². The summed E-state index contributed by atoms with van der Waals surface area (Å²) in [6.07, 6.45) is -0.0520. The molecule has 12 heteroatoms. The van der Waals surface area contributed by atoms with Crippen molar-refractivity contribution in [1.82, 2.24) is 4.90 Å². The molecule has 31 heavy (non-hydrogen) atoms. The third kappa shape index (κ3) is 5.78. The van der Waals surface area contributed by atoms with E-state index in [2.05, 4.69) is 10.3 Å². The molecule has 2 amide bonds. The molecule has 2 aromatic carbocycles. The number of primary sulfonamides is 1. The number of thioether (sulfide) groups is 1. The first kappa shape index (κ1) is 23.6. The fourth-order valence-corrected chi connectivity index (χ4v) is 4.83. The lowest BCUT2D eigenvalue weighted by atomic mass is 10.2. The smallest absolute Gasteiger partial charge is 0.242 e. The van der Waals surface area contributed by atoms with Gasteiger partial charge in [0.05, 0.1) is 20.6 Å². The van der Waals surface area contributed by atoms with Crippen molar-refractivity contribution in [2.45, 2.75) is 23.5 Å². The summed E-state index contributed by atoms with van der Waals surface area (Å²) in [6, 6.07) is 10.4. The molecule has 2 aromatic rings. The number of amidine groups is 1. The van der Waals surface area contributed by atoms with E-state index in [-0.39, 0.29) is 23.1 Å². The van der Waals surface area contributed by atoms with Gasteiger partial charge in [0.15, 0.2) is 5.17 Å². The van der Waals surface area contributed by atoms with Crippen LogP contribution in [0.1, 0.15) is 13.3 Å². The number of halogens is 2. The number of hydrogen-bond acceptors (Lipinski definition) is 6. The van der Waals surface area contributed by atoms with Crippen LogP contribution in [0.5, 0.6) is 0 Å². The summed E-state index contributed by atoms with van der Waals surface area (Å²) >= 11 is 13.0. The van der Waals surface area contributed by atoms with Crippen LogP contribution in [-0.4, -0.2) is 42.1 Å². The average molecular weight is 501 g/mol. The van der Waals surface area contributed by atoms with Crippen molar-refractivity contribution in [2.75, 3.05) is 11.9 Å². The molecule has 0 aromatic heterocycles. The molecule has 1 heterocycles. The van der Waals surface area contributed by atoms with E-state index >= 15 is 0 Å². The molecule has 0 aliphatic carbocycles. The van der Waals surface area contributed by atoms with Crippen LogP contribution in [-0.2, 0) is 19.6 Å². The Bertz CT molecular complexity index is 1150. The Morgan fingerprint density at radius 1 is 1.19 bits per heavy atom. The molecule has 0 radical (unpaired) electrons. The highest BCUT2D eigenvalue weighted by Gasteiger charge is 2.38. The van der Waals surface area contributed by atoms with Crippen molar-refractivity contribution >= 4 is 73.3 Å². The molecular weight excluding hydrogens is 483 g/mol. The van der Waals surface area contributed by atoms with Crippen LogP contribution in [0.4, 0.5) is 11.4 Å². The van der Waals surface area contributed by atoms with Crippen LogP contribution in [0.3, 0.4) is 0 Å². The number of anilines is 1. The standard InChI is InChI=1S/C19H18Cl2N4O4S2/c1-2-25-18(27)16(10-17(26)23-12-5-8-14(20)15(21)9-12)30-19(25)24-11-3-6-13(7-4-11)31(22,28)29/h3-9,16H,2,10H2,1H3,(H,23,26)(H2,22,28,29). The van der Waals surface area contributed by atoms with Crippen molar-refractivity contribution in [2.24, 2.45) is 10.1 Å². The van der Waals surface area contributed by atoms with E-state index in [1.54, 1.807) is 19.1 Å². The van der Waals surface area contributed by atoms with E-state index in [4.69, 9.17) is 28.3 Å². The van der Waals surface area contributed by atoms with Crippen LogP contribution in [0, 0.1) is 0 Å². The molecule has 1 aliphatic heterocycles. The van der Waals surface area contributed by atoms with Gasteiger partial charge in [0.25, 0.3) is 0 Å². The fraction of sp³-hybridized carbons (Fsp3) is 0.211. The molecule has 1 fully saturated rings. The third-order valence-electron chi connectivity index (χ3n) is 4.30. The topological polar surface area (TPSA) is 122 Å². The van der Waals surface area contributed by atoms with E-state index in [0.29, 0.717) is 33.1 Å². The van der Waals surface area contributed by atoms with Gasteiger partial charge in [0.1, 0.15) is 5.25 Å². The lowest BCUT2D eigenvalue weighted by Gasteiger charge is -2.13. The van der Waals surface area contributed by atoms with Crippen LogP contribution >= 0.6 is 35.0 Å². The highest BCUT2D eigenvalue weighted by molar-refractivity contribution is 8.15. The Kier molecular flexibility index (Phi) is 7.28. The number of benzene rings is 2. The van der Waals surface area contributed by atoms with Crippen molar-refractivity contribution < 1.29 is 18.0 Å². The zero-order chi connectivity index (χ0) is 22.8. The number of sulfonamides is 1. The number of nitrogens with one attached hydrogen (secondary N) is 1. The highest BCUT2D eigenvalue weighted by Crippen LogP contribution is 2.32. The molecule has 0 bridgehead atoms. The first-order valence-electron chi connectivity index (χ1n) is 9.03. The van der Waals surface area contributed by atoms with Crippen LogP contribution in [0.2, 0.25) is 10.0 Å². The molecule has 1 atom stereocenters. The first-order valence-corrected chi connectivity index (χ1v) is 12.2. The number of nitrogens with zero attached hydrogens (tertiary/aromatic N) is 2. The van der Waals surface area contributed by atoms with E-state index in [1.165, 1.54) is 47.0 Å². The highest BCUT2D eigenvalue weighted by atomic mass is 35.5. The predicted molar refractivity (Wildman–Crippen MR) is 123 cm³/mol. The van der Waals surface area contributed by atoms with E-state index < -0.39 is 15.3 Å². The Labute approximate surface area is 193 Å². The Morgan fingerprint density at radius 2 is 1.87 bits per heavy atom. The minimum absolute atomic E-state index is 0.0317. The second kappa shape index (κ2) is 9.58. The van der Waals surface area contributed by atoms with E-state index in [9.17, 15) is 18.0 Å². The van der Waals surface area contributed by atoms with Crippen molar-refractivity contribution in [3.8, 4) is 0 Å². The van der Waals surface area contributed by atoms with E-state index in [0.717, 1.165) is 0 Å². The summed E-state index contributed by atoms with van der Waals surface area (Å²) in [5, 5.41) is 8.28. The van der Waals surface area contributed by atoms with Gasteiger partial charge in [-0.15, -0.1) is 0 Å². The number of carbonyl (C=O) groups is 2. The SMILES string of the molecule is CCN1C(=O)C(CC(=O)Nc2ccc(Cl)c(Cl)c2)SC1=Nc1ccc(S(N)(=O)=O)cc1. The zero-order valence-electron chi connectivity index (χ0n) is 16.2. The van der Waals surface area contributed by atoms with Crippen molar-refractivity contribution in [3.05, 3.63) is 52.5 Å². The summed E-state index contributed by atoms with van der Waals surface area (Å²) in [6.45, 7) is 2.18. The second-order valence-electron chi connectivity index (χ2n) is 6.50. The van der Waals surface area contributed by atoms with Gasteiger partial charge in [-0.05, 0) is 49.4 Å². The molecule has 0 saturated carbocycles. The second-order valence-corrected chi connectivity index (χ2v) is 10.0. The van der Waals surface area contributed by atoms with Gasteiger partial charge in [-0.1, -0.05) is 35.0 Å². The largest absolute Gasteiger partial charge is 0.326 e. The molecule has 164 valence electrons. The summed E-state index contributed by atoms with van der Waals surface area (Å²) in [5.74, 6) is -0.573. The van der Waals surface area contributed by atoms with E-state index in [1.807, 2.05) is 0 Å². The molecular formula is C19H18Cl2N4O4S2. The molecule has 3 N–H and O–H groups in total. The maximum atomic E-state index is 12.7. The van der Waals surface area contributed by atoms with Gasteiger partial charge < -0.3 is 5.32 Å². The zero-order valence-corrected chi connectivity index (χ0v) is 19.4. The minimum Gasteiger partial charge on any atom is -0.326 e. The lowest BCUT2D eigenvalue weighted by Crippen LogP contribution is -2.33. The Morgan fingerprint density at radius 3 is 2.45 bits per heavy atom. The van der Waals surface area contributed by atoms with Gasteiger partial charge in [-0.25, -0.2) is 18.5 Å². The Balaban J connectivity index is 1.72. The normalized spacial score (nSPS) is 17.9. The summed E-state index contributed by atoms with van der Waals surface area (Å²) < 4.78 is 22.8. The molecule has 3 rings (SSSR count). The number of amides is 2. The van der Waals surface area contributed by atoms with Crippen LogP contribution in [0.15, 0.2) is 52.4 Å². The lowest BCUT2D eigenvalue weighted by molar-refractivity contribution is -0.128. The van der Waals surface area contributed by atoms with Crippen LogP contribution < -0.4 is 10.5 Å². The number of hydrogen-bond donors (Lipinski definition) is 2. The number of nitrogens with two attached hydrogens (primary N) is 1. The molecule has 0 spiro atoms. The third-order valence-corrected chi connectivity index (χ3v) is 7.14. The van der Waals surface area contributed by atoms with Gasteiger partial charge in [0, 0.05) is 18.7 Å². The maximum absolute atomic E-state index is 12.7. The first-order chi connectivity index (χ1) is 14.6. The van der Waals surface area contributed by atoms with Crippen LogP contribution in [0.25, 0.3) is 0 Å². The maximum Gasteiger partial charge on any atom is 0.242 e. The molecule has 8 nitrogen and oxygen atoms in total. The number of rotatable bonds is 6. The molecule has 1 aliphatic rings. The number of carbonyl (C=O) groups excluding carboxylic acids is 2. The van der Waals surface area contributed by atoms with Gasteiger partial charge in [-0.3, -0.25) is 14.5 Å². The fourth-order valence-electron chi connectivity index (χ4n) is 2.79.